The van der Waals surface area contributed by atoms with Gasteiger partial charge >= 0.3 is 0 Å². The van der Waals surface area contributed by atoms with Crippen molar-refractivity contribution in [2.75, 3.05) is 30.4 Å². The lowest BCUT2D eigenvalue weighted by molar-refractivity contribution is 0.0992. The number of benzene rings is 3. The maximum absolute atomic E-state index is 12.9. The first-order chi connectivity index (χ1) is 13.9. The van der Waals surface area contributed by atoms with Crippen LogP contribution in [0, 0.1) is 0 Å². The number of methoxy groups -OCH3 is 1. The topological polar surface area (TPSA) is 66.9 Å². The van der Waals surface area contributed by atoms with E-state index < -0.39 is 10.0 Å². The minimum atomic E-state index is -3.73. The lowest BCUT2D eigenvalue weighted by Crippen LogP contribution is -2.28. The second kappa shape index (κ2) is 8.36. The molecule has 0 aliphatic rings. The lowest BCUT2D eigenvalue weighted by atomic mass is 10.2. The Balaban J connectivity index is 1.85. The van der Waals surface area contributed by atoms with Gasteiger partial charge in [0.05, 0.1) is 23.4 Å². The summed E-state index contributed by atoms with van der Waals surface area (Å²) in [6, 6.07) is 21.9. The predicted molar refractivity (Wildman–Crippen MR) is 114 cm³/mol. The summed E-state index contributed by atoms with van der Waals surface area (Å²) in [4.78, 5) is 14.4. The summed E-state index contributed by atoms with van der Waals surface area (Å²) < 4.78 is 32.3. The summed E-state index contributed by atoms with van der Waals surface area (Å²) in [5, 5.41) is 0. The molecular weight excluding hydrogens is 388 g/mol. The van der Waals surface area contributed by atoms with Crippen LogP contribution in [0.5, 0.6) is 5.75 Å². The fourth-order valence-corrected chi connectivity index (χ4v) is 4.11. The molecule has 0 unspecified atom stereocenters. The van der Waals surface area contributed by atoms with Crippen molar-refractivity contribution in [1.29, 1.82) is 0 Å². The maximum Gasteiger partial charge on any atom is 0.264 e. The second-order valence-corrected chi connectivity index (χ2v) is 8.34. The first-order valence-corrected chi connectivity index (χ1v) is 10.4. The lowest BCUT2D eigenvalue weighted by Gasteiger charge is -2.21. The summed E-state index contributed by atoms with van der Waals surface area (Å²) >= 11 is 0. The van der Waals surface area contributed by atoms with Crippen molar-refractivity contribution in [3.05, 3.63) is 84.4 Å². The smallest absolute Gasteiger partial charge is 0.264 e. The highest BCUT2D eigenvalue weighted by Crippen LogP contribution is 2.28. The Hall–Kier alpha value is -3.32. The second-order valence-electron chi connectivity index (χ2n) is 6.37. The van der Waals surface area contributed by atoms with Gasteiger partial charge in [-0.2, -0.15) is 0 Å². The predicted octanol–water partition coefficient (Wildman–Crippen LogP) is 3.80. The zero-order valence-corrected chi connectivity index (χ0v) is 17.3. The molecule has 0 heterocycles. The Morgan fingerprint density at radius 3 is 2.03 bits per heavy atom. The number of sulfonamides is 1. The average molecular weight is 410 g/mol. The van der Waals surface area contributed by atoms with E-state index in [2.05, 4.69) is 0 Å². The third kappa shape index (κ3) is 4.09. The maximum atomic E-state index is 12.9. The highest BCUT2D eigenvalue weighted by molar-refractivity contribution is 7.92. The third-order valence-electron chi connectivity index (χ3n) is 4.63. The molecule has 7 heteroatoms. The molecule has 0 bridgehead atoms. The van der Waals surface area contributed by atoms with Gasteiger partial charge in [0, 0.05) is 19.7 Å². The fourth-order valence-electron chi connectivity index (χ4n) is 2.91. The van der Waals surface area contributed by atoms with Crippen molar-refractivity contribution in [3.8, 4) is 5.75 Å². The molecule has 0 saturated carbocycles. The van der Waals surface area contributed by atoms with Crippen LogP contribution in [0.3, 0.4) is 0 Å². The Bertz CT molecular complexity index is 1100. The summed E-state index contributed by atoms with van der Waals surface area (Å²) in [6.07, 6.45) is 0. The molecule has 0 aliphatic carbocycles. The van der Waals surface area contributed by atoms with Crippen LogP contribution < -0.4 is 13.9 Å². The fraction of sp³-hybridized carbons (Fsp3) is 0.136. The number of hydrogen-bond acceptors (Lipinski definition) is 4. The monoisotopic (exact) mass is 410 g/mol. The van der Waals surface area contributed by atoms with Crippen LogP contribution in [-0.2, 0) is 10.0 Å². The van der Waals surface area contributed by atoms with E-state index in [0.717, 1.165) is 0 Å². The molecule has 6 nitrogen and oxygen atoms in total. The van der Waals surface area contributed by atoms with E-state index in [1.807, 2.05) is 18.2 Å². The summed E-state index contributed by atoms with van der Waals surface area (Å²) in [5.41, 5.74) is 1.56. The normalized spacial score (nSPS) is 11.0. The Morgan fingerprint density at radius 1 is 0.828 bits per heavy atom. The molecule has 1 amide bonds. The molecule has 0 aliphatic heterocycles. The number of carbonyl (C=O) groups is 1. The molecule has 0 fully saturated rings. The molecule has 0 saturated heterocycles. The van der Waals surface area contributed by atoms with Crippen LogP contribution in [0.25, 0.3) is 0 Å². The molecule has 0 aromatic heterocycles. The van der Waals surface area contributed by atoms with E-state index in [0.29, 0.717) is 22.7 Å². The SMILES string of the molecule is COc1ccccc1N(C)C(=O)c1ccc(S(=O)(=O)N(C)c2ccccc2)cc1. The van der Waals surface area contributed by atoms with Gasteiger partial charge in [-0.15, -0.1) is 0 Å². The molecule has 0 N–H and O–H groups in total. The molecule has 0 spiro atoms. The van der Waals surface area contributed by atoms with Crippen LogP contribution in [0.15, 0.2) is 83.8 Å². The van der Waals surface area contributed by atoms with E-state index in [9.17, 15) is 13.2 Å². The van der Waals surface area contributed by atoms with Crippen LogP contribution >= 0.6 is 0 Å². The van der Waals surface area contributed by atoms with Crippen LogP contribution in [0.1, 0.15) is 10.4 Å². The zero-order chi connectivity index (χ0) is 21.0. The van der Waals surface area contributed by atoms with Crippen molar-refractivity contribution in [2.24, 2.45) is 0 Å². The van der Waals surface area contributed by atoms with Crippen molar-refractivity contribution in [3.63, 3.8) is 0 Å². The van der Waals surface area contributed by atoms with E-state index >= 15 is 0 Å². The van der Waals surface area contributed by atoms with Gasteiger partial charge in [0.1, 0.15) is 5.75 Å². The number of carbonyl (C=O) groups excluding carboxylic acids is 1. The quantitative estimate of drug-likeness (QED) is 0.620. The Labute approximate surface area is 171 Å². The molecule has 3 rings (SSSR count). The molecule has 150 valence electrons. The molecule has 3 aromatic rings. The largest absolute Gasteiger partial charge is 0.495 e. The van der Waals surface area contributed by atoms with Gasteiger partial charge < -0.3 is 9.64 Å². The summed E-state index contributed by atoms with van der Waals surface area (Å²) in [5.74, 6) is 0.307. The average Bonchev–Trinajstić information content (AvgIpc) is 2.78. The summed E-state index contributed by atoms with van der Waals surface area (Å²) in [7, 11) is 0.959. The Morgan fingerprint density at radius 2 is 1.41 bits per heavy atom. The van der Waals surface area contributed by atoms with Gasteiger partial charge in [0.15, 0.2) is 0 Å². The van der Waals surface area contributed by atoms with E-state index in [1.165, 1.54) is 40.5 Å². The number of anilines is 2. The summed E-state index contributed by atoms with van der Waals surface area (Å²) in [6.45, 7) is 0. The van der Waals surface area contributed by atoms with Crippen LogP contribution in [0.2, 0.25) is 0 Å². The Kier molecular flexibility index (Phi) is 5.89. The molecule has 0 atom stereocenters. The molecular formula is C22H22N2O4S. The first kappa shape index (κ1) is 20.4. The highest BCUT2D eigenvalue weighted by atomic mass is 32.2. The van der Waals surface area contributed by atoms with Gasteiger partial charge in [-0.05, 0) is 48.5 Å². The van der Waals surface area contributed by atoms with Gasteiger partial charge in [0.25, 0.3) is 15.9 Å². The number of para-hydroxylation sites is 3. The minimum absolute atomic E-state index is 0.111. The van der Waals surface area contributed by atoms with Crippen molar-refractivity contribution < 1.29 is 17.9 Å². The number of ether oxygens (including phenoxy) is 1. The van der Waals surface area contributed by atoms with Crippen molar-refractivity contribution >= 4 is 27.3 Å². The van der Waals surface area contributed by atoms with Crippen molar-refractivity contribution in [2.45, 2.75) is 4.90 Å². The molecule has 0 radical (unpaired) electrons. The molecule has 3 aromatic carbocycles. The standard InChI is InChI=1S/C22H22N2O4S/c1-23(20-11-7-8-12-21(20)28-3)22(25)17-13-15-19(16-14-17)29(26,27)24(2)18-9-5-4-6-10-18/h4-16H,1-3H3. The number of amides is 1. The van der Waals surface area contributed by atoms with E-state index in [-0.39, 0.29) is 10.8 Å². The van der Waals surface area contributed by atoms with Crippen molar-refractivity contribution in [1.82, 2.24) is 0 Å². The number of hydrogen-bond donors (Lipinski definition) is 0. The van der Waals surface area contributed by atoms with E-state index in [4.69, 9.17) is 4.74 Å². The zero-order valence-electron chi connectivity index (χ0n) is 16.4. The van der Waals surface area contributed by atoms with Gasteiger partial charge in [-0.25, -0.2) is 8.42 Å². The minimum Gasteiger partial charge on any atom is -0.495 e. The van der Waals surface area contributed by atoms with Crippen LogP contribution in [0.4, 0.5) is 11.4 Å². The highest BCUT2D eigenvalue weighted by Gasteiger charge is 2.22. The van der Waals surface area contributed by atoms with Gasteiger partial charge in [-0.1, -0.05) is 30.3 Å². The third-order valence-corrected chi connectivity index (χ3v) is 6.43. The first-order valence-electron chi connectivity index (χ1n) is 8.91. The van der Waals surface area contributed by atoms with Gasteiger partial charge in [-0.3, -0.25) is 9.10 Å². The van der Waals surface area contributed by atoms with Crippen LogP contribution in [-0.4, -0.2) is 35.5 Å². The molecule has 29 heavy (non-hydrogen) atoms. The van der Waals surface area contributed by atoms with E-state index in [1.54, 1.807) is 50.6 Å². The number of nitrogens with zero attached hydrogens (tertiary/aromatic N) is 2. The number of rotatable bonds is 6. The van der Waals surface area contributed by atoms with Gasteiger partial charge in [0.2, 0.25) is 0 Å².